The first-order valence-electron chi connectivity index (χ1n) is 8.03. The second kappa shape index (κ2) is 7.57. The van der Waals surface area contributed by atoms with Gasteiger partial charge in [0.15, 0.2) is 6.10 Å². The second-order valence-electron chi connectivity index (χ2n) is 5.81. The van der Waals surface area contributed by atoms with Gasteiger partial charge in [-0.25, -0.2) is 4.79 Å². The smallest absolute Gasteiger partial charge is 0.338 e. The van der Waals surface area contributed by atoms with Gasteiger partial charge in [0.05, 0.1) is 25.4 Å². The predicted octanol–water partition coefficient (Wildman–Crippen LogP) is 2.14. The van der Waals surface area contributed by atoms with Crippen LogP contribution in [-0.2, 0) is 19.0 Å². The summed E-state index contributed by atoms with van der Waals surface area (Å²) in [4.78, 5) is 24.0. The molecule has 3 rings (SSSR count). The molecule has 0 aromatic heterocycles. The zero-order valence-corrected chi connectivity index (χ0v) is 13.0. The van der Waals surface area contributed by atoms with Gasteiger partial charge >= 0.3 is 5.97 Å². The number of hydrogen-bond acceptors (Lipinski definition) is 5. The Balaban J connectivity index is 1.53. The molecule has 1 heterocycles. The number of esters is 1. The number of carbonyl (C=O) groups excluding carboxylic acids is 2. The molecule has 1 saturated heterocycles. The monoisotopic (exact) mass is 319 g/mol. The third-order valence-electron chi connectivity index (χ3n) is 4.07. The van der Waals surface area contributed by atoms with Crippen LogP contribution >= 0.6 is 0 Å². The van der Waals surface area contributed by atoms with E-state index in [0.717, 1.165) is 25.7 Å². The van der Waals surface area contributed by atoms with E-state index < -0.39 is 6.10 Å². The lowest BCUT2D eigenvalue weighted by Crippen LogP contribution is -2.39. The van der Waals surface area contributed by atoms with Gasteiger partial charge in [-0.15, -0.1) is 0 Å². The summed E-state index contributed by atoms with van der Waals surface area (Å²) >= 11 is 0. The topological polar surface area (TPSA) is 73.9 Å². The number of nitrogens with one attached hydrogen (secondary N) is 1. The van der Waals surface area contributed by atoms with Crippen molar-refractivity contribution in [3.05, 3.63) is 29.8 Å². The van der Waals surface area contributed by atoms with Crippen molar-refractivity contribution >= 4 is 17.6 Å². The van der Waals surface area contributed by atoms with Crippen LogP contribution in [-0.4, -0.2) is 43.9 Å². The molecular weight excluding hydrogens is 298 g/mol. The van der Waals surface area contributed by atoms with Crippen molar-refractivity contribution in [2.24, 2.45) is 0 Å². The van der Waals surface area contributed by atoms with Crippen molar-refractivity contribution in [2.75, 3.05) is 25.1 Å². The molecule has 124 valence electrons. The van der Waals surface area contributed by atoms with E-state index in [0.29, 0.717) is 24.5 Å². The third-order valence-corrected chi connectivity index (χ3v) is 4.07. The molecule has 1 aliphatic heterocycles. The van der Waals surface area contributed by atoms with Gasteiger partial charge < -0.3 is 19.5 Å². The van der Waals surface area contributed by atoms with Crippen molar-refractivity contribution in [3.8, 4) is 0 Å². The van der Waals surface area contributed by atoms with Crippen molar-refractivity contribution in [2.45, 2.75) is 37.9 Å². The quantitative estimate of drug-likeness (QED) is 0.861. The zero-order valence-electron chi connectivity index (χ0n) is 13.0. The molecule has 1 aromatic carbocycles. The van der Waals surface area contributed by atoms with Crippen molar-refractivity contribution in [1.82, 2.24) is 0 Å². The molecule has 1 aliphatic carbocycles. The summed E-state index contributed by atoms with van der Waals surface area (Å²) in [7, 11) is 0. The standard InChI is InChI=1S/C17H21NO5/c19-16(15-11-21-9-10-22-15)18-13-7-5-12(6-8-13)17(20)23-14-3-1-2-4-14/h5-8,14-15H,1-4,9-11H2,(H,18,19)/t15-/m0/s1. The fraction of sp³-hybridized carbons (Fsp3) is 0.529. The van der Waals surface area contributed by atoms with Crippen LogP contribution < -0.4 is 5.32 Å². The van der Waals surface area contributed by atoms with Crippen LogP contribution in [0.1, 0.15) is 36.0 Å². The molecule has 1 saturated carbocycles. The summed E-state index contributed by atoms with van der Waals surface area (Å²) in [6, 6.07) is 6.69. The summed E-state index contributed by atoms with van der Waals surface area (Å²) in [5, 5.41) is 2.75. The normalized spacial score (nSPS) is 21.8. The molecule has 2 aliphatic rings. The van der Waals surface area contributed by atoms with E-state index in [1.54, 1.807) is 24.3 Å². The first-order valence-corrected chi connectivity index (χ1v) is 8.03. The minimum atomic E-state index is -0.587. The van der Waals surface area contributed by atoms with Gasteiger partial charge in [-0.2, -0.15) is 0 Å². The summed E-state index contributed by atoms with van der Waals surface area (Å²) in [5.41, 5.74) is 1.11. The third kappa shape index (κ3) is 4.30. The van der Waals surface area contributed by atoms with E-state index in [9.17, 15) is 9.59 Å². The number of ether oxygens (including phenoxy) is 3. The second-order valence-corrected chi connectivity index (χ2v) is 5.81. The van der Waals surface area contributed by atoms with Crippen LogP contribution in [0.3, 0.4) is 0 Å². The maximum atomic E-state index is 12.0. The molecule has 6 heteroatoms. The Morgan fingerprint density at radius 1 is 1.09 bits per heavy atom. The zero-order chi connectivity index (χ0) is 16.1. The Kier molecular flexibility index (Phi) is 5.25. The van der Waals surface area contributed by atoms with E-state index in [1.807, 2.05) is 0 Å². The van der Waals surface area contributed by atoms with Crippen LogP contribution in [0.4, 0.5) is 5.69 Å². The van der Waals surface area contributed by atoms with E-state index in [-0.39, 0.29) is 24.6 Å². The summed E-state index contributed by atoms with van der Waals surface area (Å²) in [6.45, 7) is 1.20. The molecule has 1 N–H and O–H groups in total. The number of amides is 1. The molecular formula is C17H21NO5. The van der Waals surface area contributed by atoms with E-state index in [2.05, 4.69) is 5.32 Å². The van der Waals surface area contributed by atoms with E-state index in [4.69, 9.17) is 14.2 Å². The van der Waals surface area contributed by atoms with Crippen LogP contribution in [0.2, 0.25) is 0 Å². The SMILES string of the molecule is O=C(OC1CCCC1)c1ccc(NC(=O)[C@@H]2COCCO2)cc1. The molecule has 2 fully saturated rings. The van der Waals surface area contributed by atoms with Gasteiger partial charge in [-0.1, -0.05) is 0 Å². The number of rotatable bonds is 4. The van der Waals surface area contributed by atoms with Gasteiger partial charge in [-0.3, -0.25) is 4.79 Å². The number of carbonyl (C=O) groups is 2. The fourth-order valence-corrected chi connectivity index (χ4v) is 2.78. The fourth-order valence-electron chi connectivity index (χ4n) is 2.78. The lowest BCUT2D eigenvalue weighted by atomic mass is 10.2. The summed E-state index contributed by atoms with van der Waals surface area (Å²) in [5.74, 6) is -0.551. The highest BCUT2D eigenvalue weighted by Crippen LogP contribution is 2.22. The number of anilines is 1. The average Bonchev–Trinajstić information content (AvgIpc) is 3.09. The average molecular weight is 319 g/mol. The molecule has 0 unspecified atom stereocenters. The van der Waals surface area contributed by atoms with Gasteiger partial charge in [0, 0.05) is 5.69 Å². The molecule has 6 nitrogen and oxygen atoms in total. The minimum Gasteiger partial charge on any atom is -0.459 e. The maximum Gasteiger partial charge on any atom is 0.338 e. The van der Waals surface area contributed by atoms with E-state index in [1.165, 1.54) is 0 Å². The first kappa shape index (κ1) is 16.0. The van der Waals surface area contributed by atoms with Crippen molar-refractivity contribution in [3.63, 3.8) is 0 Å². The number of benzene rings is 1. The molecule has 23 heavy (non-hydrogen) atoms. The highest BCUT2D eigenvalue weighted by Gasteiger charge is 2.23. The van der Waals surface area contributed by atoms with Gasteiger partial charge in [0.1, 0.15) is 6.10 Å². The summed E-state index contributed by atoms with van der Waals surface area (Å²) < 4.78 is 16.0. The molecule has 0 bridgehead atoms. The summed E-state index contributed by atoms with van der Waals surface area (Å²) in [6.07, 6.45) is 3.60. The maximum absolute atomic E-state index is 12.0. The predicted molar refractivity (Wildman–Crippen MR) is 83.3 cm³/mol. The molecule has 0 spiro atoms. The molecule has 1 atom stereocenters. The lowest BCUT2D eigenvalue weighted by Gasteiger charge is -2.22. The Morgan fingerprint density at radius 3 is 2.48 bits per heavy atom. The van der Waals surface area contributed by atoms with Crippen molar-refractivity contribution < 1.29 is 23.8 Å². The minimum absolute atomic E-state index is 0.0466. The van der Waals surface area contributed by atoms with Gasteiger partial charge in [0.25, 0.3) is 5.91 Å². The van der Waals surface area contributed by atoms with Crippen LogP contribution in [0.15, 0.2) is 24.3 Å². The Bertz CT molecular complexity index is 545. The van der Waals surface area contributed by atoms with Crippen LogP contribution in [0.5, 0.6) is 0 Å². The Morgan fingerprint density at radius 2 is 1.83 bits per heavy atom. The van der Waals surface area contributed by atoms with Crippen LogP contribution in [0.25, 0.3) is 0 Å². The molecule has 1 aromatic rings. The van der Waals surface area contributed by atoms with Crippen molar-refractivity contribution in [1.29, 1.82) is 0 Å². The van der Waals surface area contributed by atoms with Crippen LogP contribution in [0, 0.1) is 0 Å². The first-order chi connectivity index (χ1) is 11.2. The highest BCUT2D eigenvalue weighted by atomic mass is 16.6. The molecule has 0 radical (unpaired) electrons. The largest absolute Gasteiger partial charge is 0.459 e. The van der Waals surface area contributed by atoms with Gasteiger partial charge in [0.2, 0.25) is 0 Å². The number of hydrogen-bond donors (Lipinski definition) is 1. The Labute approximate surface area is 135 Å². The Hall–Kier alpha value is -1.92. The highest BCUT2D eigenvalue weighted by molar-refractivity contribution is 5.95. The van der Waals surface area contributed by atoms with Gasteiger partial charge in [-0.05, 0) is 49.9 Å². The molecule has 1 amide bonds. The van der Waals surface area contributed by atoms with E-state index >= 15 is 0 Å². The lowest BCUT2D eigenvalue weighted by molar-refractivity contribution is -0.142.